The molecule has 0 saturated heterocycles. The van der Waals surface area contributed by atoms with Crippen LogP contribution in [-0.4, -0.2) is 35.1 Å². The maximum Gasteiger partial charge on any atom is 0.416 e. The van der Waals surface area contributed by atoms with Gasteiger partial charge in [-0.2, -0.15) is 43.2 Å². The van der Waals surface area contributed by atoms with Crippen molar-refractivity contribution in [1.29, 1.82) is 0 Å². The molecule has 0 aliphatic carbocycles. The fraction of sp³-hybridized carbons (Fsp3) is 0.184. The number of anilines is 2. The van der Waals surface area contributed by atoms with Crippen molar-refractivity contribution in [3.05, 3.63) is 130 Å². The van der Waals surface area contributed by atoms with Crippen LogP contribution in [0.25, 0.3) is 22.5 Å². The van der Waals surface area contributed by atoms with Crippen LogP contribution in [0.1, 0.15) is 29.3 Å². The first kappa shape index (κ1) is 41.4. The van der Waals surface area contributed by atoms with E-state index in [2.05, 4.69) is 5.32 Å². The predicted molar refractivity (Wildman–Crippen MR) is 203 cm³/mol. The van der Waals surface area contributed by atoms with Gasteiger partial charge in [0.1, 0.15) is 5.82 Å². The lowest BCUT2D eigenvalue weighted by molar-refractivity contribution is -0.143. The average Bonchev–Trinajstić information content (AvgIpc) is 3.70. The third-order valence-electron chi connectivity index (χ3n) is 8.78. The van der Waals surface area contributed by atoms with Crippen molar-refractivity contribution in [2.75, 3.05) is 5.32 Å². The van der Waals surface area contributed by atoms with E-state index < -0.39 is 43.7 Å². The molecule has 300 valence electrons. The van der Waals surface area contributed by atoms with E-state index in [1.807, 2.05) is 41.8 Å². The number of aromatic nitrogens is 2. The zero-order valence-electron chi connectivity index (χ0n) is 29.6. The standard InChI is InChI=1S/C38H32F6N4O6S3/c1-2-47-35(24-7-4-3-5-8-24)33(55-36(47)46-29-12-16-31(17-13-29)57(52,53)54)9-6-20-48-32(25-21-26(37(39,40)41)23-27(22-25)38(42,43)44)18-19-34(48)45-28-10-14-30(15-11-28)56(49,50)51/h3-5,7-8,10-19,21-23,45H,2,6,9,20H2,1H3,(H,49,50,51)(H,52,53,54). The molecule has 4 aromatic carbocycles. The van der Waals surface area contributed by atoms with E-state index in [9.17, 15) is 52.3 Å². The van der Waals surface area contributed by atoms with Crippen LogP contribution < -0.4 is 10.1 Å². The molecule has 0 bridgehead atoms. The van der Waals surface area contributed by atoms with Gasteiger partial charge in [0, 0.05) is 29.3 Å². The van der Waals surface area contributed by atoms with Gasteiger partial charge in [0.2, 0.25) is 0 Å². The van der Waals surface area contributed by atoms with Crippen LogP contribution in [0.2, 0.25) is 0 Å². The molecular formula is C38H32F6N4O6S3. The van der Waals surface area contributed by atoms with Crippen molar-refractivity contribution in [3.8, 4) is 22.5 Å². The van der Waals surface area contributed by atoms with Crippen LogP contribution >= 0.6 is 11.3 Å². The first-order valence-corrected chi connectivity index (χ1v) is 20.7. The van der Waals surface area contributed by atoms with E-state index in [1.54, 1.807) is 0 Å². The Hall–Kier alpha value is -5.21. The average molecular weight is 851 g/mol. The van der Waals surface area contributed by atoms with Gasteiger partial charge < -0.3 is 14.5 Å². The highest BCUT2D eigenvalue weighted by molar-refractivity contribution is 7.86. The third-order valence-corrected chi connectivity index (χ3v) is 11.7. The maximum atomic E-state index is 13.9. The molecule has 2 heterocycles. The van der Waals surface area contributed by atoms with Crippen LogP contribution in [0.3, 0.4) is 0 Å². The number of hydrogen-bond acceptors (Lipinski definition) is 7. The molecule has 0 atom stereocenters. The molecule has 0 aliphatic heterocycles. The van der Waals surface area contributed by atoms with Crippen molar-refractivity contribution in [1.82, 2.24) is 9.13 Å². The second-order valence-corrected chi connectivity index (χ2v) is 16.5. The summed E-state index contributed by atoms with van der Waals surface area (Å²) in [5, 5.41) is 3.05. The minimum absolute atomic E-state index is 0.0470. The zero-order valence-corrected chi connectivity index (χ0v) is 32.0. The molecule has 0 saturated carbocycles. The highest BCUT2D eigenvalue weighted by Crippen LogP contribution is 2.40. The molecule has 6 aromatic rings. The van der Waals surface area contributed by atoms with Gasteiger partial charge in [-0.15, -0.1) is 11.3 Å². The quantitative estimate of drug-likeness (QED) is 0.0822. The molecule has 10 nitrogen and oxygen atoms in total. The van der Waals surface area contributed by atoms with Crippen molar-refractivity contribution in [3.63, 3.8) is 0 Å². The number of thiazole rings is 1. The normalized spacial score (nSPS) is 13.0. The van der Waals surface area contributed by atoms with E-state index >= 15 is 0 Å². The fourth-order valence-electron chi connectivity index (χ4n) is 6.15. The lowest BCUT2D eigenvalue weighted by Gasteiger charge is -2.18. The third kappa shape index (κ3) is 9.67. The second kappa shape index (κ2) is 16.0. The Morgan fingerprint density at radius 2 is 1.26 bits per heavy atom. The smallest absolute Gasteiger partial charge is 0.342 e. The lowest BCUT2D eigenvalue weighted by Crippen LogP contribution is -2.14. The zero-order chi connectivity index (χ0) is 41.3. The van der Waals surface area contributed by atoms with Gasteiger partial charge in [-0.1, -0.05) is 30.3 Å². The molecule has 0 aliphatic rings. The highest BCUT2D eigenvalue weighted by Gasteiger charge is 2.37. The predicted octanol–water partition coefficient (Wildman–Crippen LogP) is 9.84. The molecule has 0 radical (unpaired) electrons. The summed E-state index contributed by atoms with van der Waals surface area (Å²) < 4.78 is 152. The van der Waals surface area contributed by atoms with E-state index in [4.69, 9.17) is 4.99 Å². The number of alkyl halides is 6. The number of aryl methyl sites for hydroxylation is 1. The summed E-state index contributed by atoms with van der Waals surface area (Å²) in [6.45, 7) is 2.49. The molecule has 0 amide bonds. The van der Waals surface area contributed by atoms with Gasteiger partial charge in [0.15, 0.2) is 4.80 Å². The first-order valence-electron chi connectivity index (χ1n) is 17.0. The van der Waals surface area contributed by atoms with Gasteiger partial charge in [-0.05, 0) is 110 Å². The lowest BCUT2D eigenvalue weighted by atomic mass is 10.0. The van der Waals surface area contributed by atoms with Crippen molar-refractivity contribution >= 4 is 48.8 Å². The minimum atomic E-state index is -5.08. The summed E-state index contributed by atoms with van der Waals surface area (Å²) >= 11 is 1.35. The molecular weight excluding hydrogens is 819 g/mol. The Morgan fingerprint density at radius 1 is 0.702 bits per heavy atom. The van der Waals surface area contributed by atoms with Crippen LogP contribution in [0.4, 0.5) is 43.5 Å². The Morgan fingerprint density at radius 3 is 1.79 bits per heavy atom. The number of nitrogens with zero attached hydrogens (tertiary/aromatic N) is 3. The molecule has 0 fully saturated rings. The molecule has 6 rings (SSSR count). The second-order valence-electron chi connectivity index (χ2n) is 12.6. The summed E-state index contributed by atoms with van der Waals surface area (Å²) in [7, 11) is -8.93. The van der Waals surface area contributed by atoms with E-state index in [0.29, 0.717) is 47.7 Å². The highest BCUT2D eigenvalue weighted by atomic mass is 32.2. The van der Waals surface area contributed by atoms with E-state index in [-0.39, 0.29) is 39.5 Å². The van der Waals surface area contributed by atoms with Crippen molar-refractivity contribution in [2.24, 2.45) is 4.99 Å². The molecule has 0 spiro atoms. The monoisotopic (exact) mass is 850 g/mol. The maximum absolute atomic E-state index is 13.9. The van der Waals surface area contributed by atoms with Gasteiger partial charge in [0.25, 0.3) is 20.2 Å². The summed E-state index contributed by atoms with van der Waals surface area (Å²) in [4.78, 5) is 5.48. The minimum Gasteiger partial charge on any atom is -0.342 e. The topological polar surface area (TPSA) is 143 Å². The summed E-state index contributed by atoms with van der Waals surface area (Å²) in [6.07, 6.45) is -9.45. The summed E-state index contributed by atoms with van der Waals surface area (Å²) in [6, 6.07) is 23.9. The van der Waals surface area contributed by atoms with Crippen LogP contribution in [0.15, 0.2) is 124 Å². The Bertz CT molecular complexity index is 2660. The fourth-order valence-corrected chi connectivity index (χ4v) is 8.38. The Labute approximate surface area is 326 Å². The summed E-state index contributed by atoms with van der Waals surface area (Å²) in [5.74, 6) is 0.276. The first-order chi connectivity index (χ1) is 26.7. The number of benzene rings is 4. The largest absolute Gasteiger partial charge is 0.416 e. The van der Waals surface area contributed by atoms with Crippen molar-refractivity contribution in [2.45, 2.75) is 55.0 Å². The van der Waals surface area contributed by atoms with Gasteiger partial charge >= 0.3 is 12.4 Å². The number of nitrogens with one attached hydrogen (secondary N) is 1. The summed E-state index contributed by atoms with van der Waals surface area (Å²) in [5.41, 5.74) is -0.831. The number of halogens is 6. The Kier molecular flexibility index (Phi) is 11.6. The number of hydrogen-bond donors (Lipinski definition) is 3. The Balaban J connectivity index is 1.41. The van der Waals surface area contributed by atoms with Crippen LogP contribution in [-0.2, 0) is 52.1 Å². The van der Waals surface area contributed by atoms with Crippen LogP contribution in [0, 0.1) is 0 Å². The van der Waals surface area contributed by atoms with Gasteiger partial charge in [-0.3, -0.25) is 9.11 Å². The van der Waals surface area contributed by atoms with Crippen molar-refractivity contribution < 1.29 is 52.3 Å². The molecule has 57 heavy (non-hydrogen) atoms. The van der Waals surface area contributed by atoms with Gasteiger partial charge in [0.05, 0.1) is 32.3 Å². The molecule has 19 heteroatoms. The van der Waals surface area contributed by atoms with Crippen LogP contribution in [0.5, 0.6) is 0 Å². The SMILES string of the molecule is CCn1c(-c2ccccc2)c(CCCn2c(Nc3ccc(S(=O)(=O)O)cc3)ccc2-c2cc(C(F)(F)F)cc(C(F)(F)F)c2)sc1=Nc1ccc(S(=O)(=O)O)cc1. The molecule has 2 aromatic heterocycles. The molecule has 0 unspecified atom stereocenters. The van der Waals surface area contributed by atoms with Gasteiger partial charge in [-0.25, -0.2) is 4.99 Å². The van der Waals surface area contributed by atoms with E-state index in [0.717, 1.165) is 28.3 Å². The number of rotatable bonds is 12. The van der Waals surface area contributed by atoms with E-state index in [1.165, 1.54) is 64.4 Å². The molecule has 3 N–H and O–H groups in total.